The van der Waals surface area contributed by atoms with Gasteiger partial charge in [0.2, 0.25) is 5.72 Å². The second-order valence-electron chi connectivity index (χ2n) is 7.59. The van der Waals surface area contributed by atoms with E-state index in [-0.39, 0.29) is 5.41 Å². The zero-order valence-electron chi connectivity index (χ0n) is 15.5. The Hall–Kier alpha value is -2.74. The van der Waals surface area contributed by atoms with Crippen LogP contribution in [0.2, 0.25) is 0 Å². The Morgan fingerprint density at radius 2 is 1.73 bits per heavy atom. The van der Waals surface area contributed by atoms with E-state index < -0.39 is 5.72 Å². The number of anilines is 1. The second-order valence-corrected chi connectivity index (χ2v) is 7.59. The van der Waals surface area contributed by atoms with Gasteiger partial charge in [0.25, 0.3) is 0 Å². The van der Waals surface area contributed by atoms with E-state index >= 15 is 0 Å². The standard InChI is InChI=1S/C24H23NO/c1-4-23(2)20-11-7-8-12-21(20)25(3)24(23)16-15-19-18-10-6-5-9-17(18)13-14-22(19)26-24/h5-16H,4H2,1-3H3/t23-,24+/m0/s1. The second kappa shape index (κ2) is 5.14. The highest BCUT2D eigenvalue weighted by molar-refractivity contribution is 5.94. The molecule has 0 fully saturated rings. The number of benzene rings is 3. The van der Waals surface area contributed by atoms with Gasteiger partial charge in [-0.15, -0.1) is 0 Å². The molecule has 0 aliphatic carbocycles. The zero-order valence-corrected chi connectivity index (χ0v) is 15.5. The summed E-state index contributed by atoms with van der Waals surface area (Å²) in [6.07, 6.45) is 5.53. The summed E-state index contributed by atoms with van der Waals surface area (Å²) in [4.78, 5) is 2.31. The van der Waals surface area contributed by atoms with Crippen molar-refractivity contribution in [3.8, 4) is 5.75 Å². The minimum Gasteiger partial charge on any atom is -0.463 e. The van der Waals surface area contributed by atoms with Crippen LogP contribution in [0.15, 0.2) is 66.7 Å². The van der Waals surface area contributed by atoms with E-state index in [4.69, 9.17) is 4.74 Å². The van der Waals surface area contributed by atoms with Gasteiger partial charge >= 0.3 is 0 Å². The number of para-hydroxylation sites is 1. The van der Waals surface area contributed by atoms with Gasteiger partial charge in [0, 0.05) is 18.3 Å². The smallest absolute Gasteiger partial charge is 0.212 e. The molecule has 130 valence electrons. The molecule has 0 saturated heterocycles. The molecule has 26 heavy (non-hydrogen) atoms. The molecule has 5 rings (SSSR count). The van der Waals surface area contributed by atoms with Gasteiger partial charge < -0.3 is 9.64 Å². The minimum absolute atomic E-state index is 0.113. The Kier molecular flexibility index (Phi) is 3.06. The Balaban J connectivity index is 1.73. The van der Waals surface area contributed by atoms with E-state index in [1.807, 2.05) is 0 Å². The molecule has 0 bridgehead atoms. The number of hydrogen-bond acceptors (Lipinski definition) is 2. The molecule has 1 spiro atoms. The van der Waals surface area contributed by atoms with Crippen molar-refractivity contribution in [2.24, 2.45) is 0 Å². The molecule has 0 radical (unpaired) electrons. The lowest BCUT2D eigenvalue weighted by Gasteiger charge is -2.47. The first-order valence-corrected chi connectivity index (χ1v) is 9.34. The summed E-state index contributed by atoms with van der Waals surface area (Å²) in [6, 6.07) is 21.5. The first-order chi connectivity index (χ1) is 12.6. The Morgan fingerprint density at radius 3 is 2.58 bits per heavy atom. The molecule has 2 aliphatic rings. The molecule has 2 aliphatic heterocycles. The predicted octanol–water partition coefficient (Wildman–Crippen LogP) is 5.76. The van der Waals surface area contributed by atoms with Gasteiger partial charge in [0.1, 0.15) is 5.75 Å². The minimum atomic E-state index is -0.499. The van der Waals surface area contributed by atoms with Crippen molar-refractivity contribution in [2.75, 3.05) is 11.9 Å². The van der Waals surface area contributed by atoms with Gasteiger partial charge in [-0.2, -0.15) is 0 Å². The maximum absolute atomic E-state index is 6.83. The molecule has 0 N–H and O–H groups in total. The summed E-state index contributed by atoms with van der Waals surface area (Å²) < 4.78 is 6.83. The van der Waals surface area contributed by atoms with Gasteiger partial charge in [-0.25, -0.2) is 0 Å². The summed E-state index contributed by atoms with van der Waals surface area (Å²) in [5, 5.41) is 2.49. The molecular weight excluding hydrogens is 318 g/mol. The topological polar surface area (TPSA) is 12.5 Å². The lowest BCUT2D eigenvalue weighted by Crippen LogP contribution is -2.59. The molecule has 0 amide bonds. The fraction of sp³-hybridized carbons (Fsp3) is 0.250. The maximum atomic E-state index is 6.83. The lowest BCUT2D eigenvalue weighted by molar-refractivity contribution is 0.0470. The normalized spacial score (nSPS) is 26.0. The van der Waals surface area contributed by atoms with Crippen LogP contribution >= 0.6 is 0 Å². The van der Waals surface area contributed by atoms with E-state index in [9.17, 15) is 0 Å². The highest BCUT2D eigenvalue weighted by Crippen LogP contribution is 2.56. The van der Waals surface area contributed by atoms with Crippen molar-refractivity contribution >= 4 is 22.5 Å². The number of rotatable bonds is 1. The first kappa shape index (κ1) is 15.5. The third-order valence-electron chi connectivity index (χ3n) is 6.53. The van der Waals surface area contributed by atoms with Gasteiger partial charge in [0.15, 0.2) is 0 Å². The Bertz CT molecular complexity index is 1050. The van der Waals surface area contributed by atoms with E-state index in [2.05, 4.69) is 98.6 Å². The van der Waals surface area contributed by atoms with Crippen molar-refractivity contribution in [3.05, 3.63) is 77.9 Å². The number of likely N-dealkylation sites (N-methyl/N-ethyl adjacent to an activating group) is 1. The van der Waals surface area contributed by atoms with Crippen LogP contribution in [-0.2, 0) is 5.41 Å². The van der Waals surface area contributed by atoms with Crippen LogP contribution in [0.5, 0.6) is 5.75 Å². The molecule has 0 saturated carbocycles. The quantitative estimate of drug-likeness (QED) is 0.558. The summed E-state index contributed by atoms with van der Waals surface area (Å²) in [5.74, 6) is 0.963. The molecule has 0 aromatic heterocycles. The predicted molar refractivity (Wildman–Crippen MR) is 109 cm³/mol. The van der Waals surface area contributed by atoms with Crippen LogP contribution < -0.4 is 9.64 Å². The fourth-order valence-electron chi connectivity index (χ4n) is 4.83. The molecule has 2 nitrogen and oxygen atoms in total. The van der Waals surface area contributed by atoms with Crippen LogP contribution in [0, 0.1) is 0 Å². The average molecular weight is 341 g/mol. The Morgan fingerprint density at radius 1 is 0.962 bits per heavy atom. The van der Waals surface area contributed by atoms with Gasteiger partial charge in [-0.05, 0) is 54.0 Å². The van der Waals surface area contributed by atoms with E-state index in [0.29, 0.717) is 0 Å². The van der Waals surface area contributed by atoms with Crippen LogP contribution in [0.25, 0.3) is 16.8 Å². The van der Waals surface area contributed by atoms with Crippen LogP contribution in [0.1, 0.15) is 31.4 Å². The van der Waals surface area contributed by atoms with Crippen molar-refractivity contribution < 1.29 is 4.74 Å². The third-order valence-corrected chi connectivity index (χ3v) is 6.53. The zero-order chi connectivity index (χ0) is 17.9. The number of fused-ring (bicyclic) bond motifs is 4. The summed E-state index contributed by atoms with van der Waals surface area (Å²) >= 11 is 0. The van der Waals surface area contributed by atoms with Crippen LogP contribution in [0.3, 0.4) is 0 Å². The van der Waals surface area contributed by atoms with E-state index in [1.165, 1.54) is 27.6 Å². The fourth-order valence-corrected chi connectivity index (χ4v) is 4.83. The molecule has 2 atom stereocenters. The van der Waals surface area contributed by atoms with Gasteiger partial charge in [0.05, 0.1) is 5.41 Å². The Labute approximate surface area is 154 Å². The summed E-state index contributed by atoms with van der Waals surface area (Å²) in [7, 11) is 2.15. The monoisotopic (exact) mass is 341 g/mol. The molecule has 0 unspecified atom stereocenters. The number of nitrogens with zero attached hydrogens (tertiary/aromatic N) is 1. The van der Waals surface area contributed by atoms with Crippen LogP contribution in [0.4, 0.5) is 5.69 Å². The highest BCUT2D eigenvalue weighted by Gasteiger charge is 2.59. The van der Waals surface area contributed by atoms with E-state index in [0.717, 1.165) is 12.2 Å². The number of ether oxygens (including phenoxy) is 1. The average Bonchev–Trinajstić information content (AvgIpc) is 2.88. The molecule has 2 heterocycles. The molecule has 3 aromatic rings. The van der Waals surface area contributed by atoms with Crippen molar-refractivity contribution in [3.63, 3.8) is 0 Å². The molecule has 3 aromatic carbocycles. The maximum Gasteiger partial charge on any atom is 0.212 e. The summed E-state index contributed by atoms with van der Waals surface area (Å²) in [5.41, 5.74) is 3.18. The lowest BCUT2D eigenvalue weighted by atomic mass is 9.72. The third kappa shape index (κ3) is 1.72. The van der Waals surface area contributed by atoms with Gasteiger partial charge in [-0.1, -0.05) is 55.5 Å². The summed E-state index contributed by atoms with van der Waals surface area (Å²) in [6.45, 7) is 4.58. The van der Waals surface area contributed by atoms with Gasteiger partial charge in [-0.3, -0.25) is 0 Å². The first-order valence-electron chi connectivity index (χ1n) is 9.34. The van der Waals surface area contributed by atoms with Crippen molar-refractivity contribution in [1.82, 2.24) is 0 Å². The number of hydrogen-bond donors (Lipinski definition) is 0. The largest absolute Gasteiger partial charge is 0.463 e. The molecular formula is C24H23NO. The van der Waals surface area contributed by atoms with E-state index in [1.54, 1.807) is 0 Å². The van der Waals surface area contributed by atoms with Crippen molar-refractivity contribution in [1.29, 1.82) is 0 Å². The van der Waals surface area contributed by atoms with Crippen LogP contribution in [-0.4, -0.2) is 12.8 Å². The SMILES string of the molecule is CC[C@@]1(C)c2ccccc2N(C)[C@@]12C=Cc1c(ccc3ccccc13)O2. The van der Waals surface area contributed by atoms with Crippen molar-refractivity contribution in [2.45, 2.75) is 31.4 Å². The highest BCUT2D eigenvalue weighted by atomic mass is 16.5. The molecule has 2 heteroatoms.